The largest absolute Gasteiger partial charge is 0.376 e. The average molecular weight is 330 g/mol. The molecule has 23 heavy (non-hydrogen) atoms. The number of carbonyl (C=O) groups excluding carboxylic acids is 1. The predicted octanol–water partition coefficient (Wildman–Crippen LogP) is 3.73. The Balaban J connectivity index is 1.63. The van der Waals surface area contributed by atoms with Crippen LogP contribution in [0.5, 0.6) is 0 Å². The third kappa shape index (κ3) is 4.18. The molecule has 3 rings (SSSR count). The van der Waals surface area contributed by atoms with E-state index < -0.39 is 0 Å². The lowest BCUT2D eigenvalue weighted by Crippen LogP contribution is -2.38. The Morgan fingerprint density at radius 2 is 2.30 bits per heavy atom. The standard InChI is InChI=1S/C18H22N2O2S/c1-2-20(13-14-7-5-6-12-22-14)18(21)11-10-17-19-15-8-3-4-9-16(15)23-17/h3-4,8-11,14H,2,5-7,12-13H2,1H3. The van der Waals surface area contributed by atoms with E-state index in [0.29, 0.717) is 13.1 Å². The van der Waals surface area contributed by atoms with Crippen LogP contribution in [0.2, 0.25) is 0 Å². The SMILES string of the molecule is CCN(CC1CCCCO1)C(=O)C=Cc1nc2ccccc2s1. The lowest BCUT2D eigenvalue weighted by atomic mass is 10.1. The van der Waals surface area contributed by atoms with E-state index in [1.807, 2.05) is 42.2 Å². The van der Waals surface area contributed by atoms with E-state index in [9.17, 15) is 4.79 Å². The maximum absolute atomic E-state index is 12.4. The zero-order chi connectivity index (χ0) is 16.1. The molecular formula is C18H22N2O2S. The molecule has 1 aliphatic heterocycles. The normalized spacial score (nSPS) is 18.6. The minimum atomic E-state index is 0.0286. The molecule has 5 heteroatoms. The molecule has 1 aromatic carbocycles. The van der Waals surface area contributed by atoms with E-state index in [2.05, 4.69) is 4.98 Å². The Labute approximate surface area is 140 Å². The molecule has 1 saturated heterocycles. The van der Waals surface area contributed by atoms with Gasteiger partial charge in [0.05, 0.1) is 16.3 Å². The van der Waals surface area contributed by atoms with Gasteiger partial charge in [-0.3, -0.25) is 4.79 Å². The minimum absolute atomic E-state index is 0.0286. The van der Waals surface area contributed by atoms with E-state index in [0.717, 1.165) is 34.7 Å². The zero-order valence-corrected chi connectivity index (χ0v) is 14.2. The molecule has 0 spiro atoms. The van der Waals surface area contributed by atoms with Crippen LogP contribution in [0.15, 0.2) is 30.3 Å². The fraction of sp³-hybridized carbons (Fsp3) is 0.444. The van der Waals surface area contributed by atoms with E-state index in [1.54, 1.807) is 17.4 Å². The van der Waals surface area contributed by atoms with Crippen LogP contribution in [0.3, 0.4) is 0 Å². The summed E-state index contributed by atoms with van der Waals surface area (Å²) >= 11 is 1.60. The van der Waals surface area contributed by atoms with Gasteiger partial charge in [0.1, 0.15) is 5.01 Å². The van der Waals surface area contributed by atoms with Crippen molar-refractivity contribution in [3.8, 4) is 0 Å². The van der Waals surface area contributed by atoms with Crippen molar-refractivity contribution in [1.82, 2.24) is 9.88 Å². The Morgan fingerprint density at radius 3 is 3.04 bits per heavy atom. The molecule has 0 N–H and O–H groups in total. The first-order valence-electron chi connectivity index (χ1n) is 8.20. The number of likely N-dealkylation sites (N-methyl/N-ethyl adjacent to an activating group) is 1. The maximum Gasteiger partial charge on any atom is 0.246 e. The minimum Gasteiger partial charge on any atom is -0.376 e. The second kappa shape index (κ2) is 7.70. The zero-order valence-electron chi connectivity index (χ0n) is 13.4. The number of aromatic nitrogens is 1. The number of hydrogen-bond acceptors (Lipinski definition) is 4. The number of para-hydroxylation sites is 1. The van der Waals surface area contributed by atoms with Gasteiger partial charge < -0.3 is 9.64 Å². The Kier molecular flexibility index (Phi) is 5.41. The average Bonchev–Trinajstić information content (AvgIpc) is 3.01. The molecular weight excluding hydrogens is 308 g/mol. The maximum atomic E-state index is 12.4. The lowest BCUT2D eigenvalue weighted by Gasteiger charge is -2.28. The quantitative estimate of drug-likeness (QED) is 0.785. The van der Waals surface area contributed by atoms with Gasteiger partial charge in [0.25, 0.3) is 0 Å². The molecule has 0 aliphatic carbocycles. The highest BCUT2D eigenvalue weighted by Crippen LogP contribution is 2.22. The van der Waals surface area contributed by atoms with Crippen LogP contribution in [0.4, 0.5) is 0 Å². The van der Waals surface area contributed by atoms with Crippen LogP contribution >= 0.6 is 11.3 Å². The molecule has 122 valence electrons. The predicted molar refractivity (Wildman–Crippen MR) is 94.5 cm³/mol. The highest BCUT2D eigenvalue weighted by Gasteiger charge is 2.19. The van der Waals surface area contributed by atoms with Gasteiger partial charge >= 0.3 is 0 Å². The molecule has 0 saturated carbocycles. The molecule has 1 aliphatic rings. The van der Waals surface area contributed by atoms with Gasteiger partial charge in [-0.2, -0.15) is 0 Å². The van der Waals surface area contributed by atoms with Crippen LogP contribution in [-0.4, -0.2) is 41.6 Å². The summed E-state index contributed by atoms with van der Waals surface area (Å²) in [6, 6.07) is 8.01. The summed E-state index contributed by atoms with van der Waals surface area (Å²) in [5.74, 6) is 0.0286. The Bertz CT molecular complexity index is 656. The second-order valence-electron chi connectivity index (χ2n) is 5.72. The third-order valence-corrected chi connectivity index (χ3v) is 5.07. The smallest absolute Gasteiger partial charge is 0.246 e. The van der Waals surface area contributed by atoms with Crippen molar-refractivity contribution in [3.63, 3.8) is 0 Å². The fourth-order valence-electron chi connectivity index (χ4n) is 2.78. The van der Waals surface area contributed by atoms with Crippen LogP contribution in [0.1, 0.15) is 31.2 Å². The summed E-state index contributed by atoms with van der Waals surface area (Å²) < 4.78 is 6.88. The number of hydrogen-bond donors (Lipinski definition) is 0. The molecule has 0 bridgehead atoms. The monoisotopic (exact) mass is 330 g/mol. The number of amides is 1. The van der Waals surface area contributed by atoms with Crippen molar-refractivity contribution in [1.29, 1.82) is 0 Å². The van der Waals surface area contributed by atoms with Crippen molar-refractivity contribution in [2.75, 3.05) is 19.7 Å². The topological polar surface area (TPSA) is 42.4 Å². The number of fused-ring (bicyclic) bond motifs is 1. The van der Waals surface area contributed by atoms with Crippen LogP contribution in [0.25, 0.3) is 16.3 Å². The van der Waals surface area contributed by atoms with Crippen LogP contribution in [0, 0.1) is 0 Å². The summed E-state index contributed by atoms with van der Waals surface area (Å²) in [7, 11) is 0. The summed E-state index contributed by atoms with van der Waals surface area (Å²) in [4.78, 5) is 18.8. The number of nitrogens with zero attached hydrogens (tertiary/aromatic N) is 2. The fourth-order valence-corrected chi connectivity index (χ4v) is 3.65. The van der Waals surface area contributed by atoms with Gasteiger partial charge in [0.2, 0.25) is 5.91 Å². The third-order valence-electron chi connectivity index (χ3n) is 4.07. The number of carbonyl (C=O) groups is 1. The number of rotatable bonds is 5. The van der Waals surface area contributed by atoms with Crippen molar-refractivity contribution in [3.05, 3.63) is 35.3 Å². The van der Waals surface area contributed by atoms with Gasteiger partial charge in [-0.25, -0.2) is 4.98 Å². The summed E-state index contributed by atoms with van der Waals surface area (Å²) in [6.45, 7) is 4.20. The first-order valence-corrected chi connectivity index (χ1v) is 9.02. The molecule has 1 atom stereocenters. The number of thiazole rings is 1. The molecule has 2 aromatic rings. The molecule has 4 nitrogen and oxygen atoms in total. The van der Waals surface area contributed by atoms with E-state index >= 15 is 0 Å². The van der Waals surface area contributed by atoms with Gasteiger partial charge in [0.15, 0.2) is 0 Å². The van der Waals surface area contributed by atoms with Crippen molar-refractivity contribution in [2.45, 2.75) is 32.3 Å². The first kappa shape index (κ1) is 16.1. The molecule has 2 heterocycles. The second-order valence-corrected chi connectivity index (χ2v) is 6.78. The van der Waals surface area contributed by atoms with Crippen molar-refractivity contribution in [2.24, 2.45) is 0 Å². The molecule has 0 radical (unpaired) electrons. The van der Waals surface area contributed by atoms with E-state index in [1.165, 1.54) is 6.42 Å². The summed E-state index contributed by atoms with van der Waals surface area (Å²) in [6.07, 6.45) is 7.00. The van der Waals surface area contributed by atoms with Gasteiger partial charge in [-0.1, -0.05) is 12.1 Å². The molecule has 1 unspecified atom stereocenters. The highest BCUT2D eigenvalue weighted by molar-refractivity contribution is 7.19. The van der Waals surface area contributed by atoms with Gasteiger partial charge in [0, 0.05) is 25.8 Å². The number of benzene rings is 1. The Morgan fingerprint density at radius 1 is 1.43 bits per heavy atom. The first-order chi connectivity index (χ1) is 11.3. The summed E-state index contributed by atoms with van der Waals surface area (Å²) in [5.41, 5.74) is 0.979. The summed E-state index contributed by atoms with van der Waals surface area (Å²) in [5, 5.41) is 0.865. The van der Waals surface area contributed by atoms with Gasteiger partial charge in [-0.15, -0.1) is 11.3 Å². The molecule has 1 aromatic heterocycles. The molecule has 1 fully saturated rings. The van der Waals surface area contributed by atoms with Crippen molar-refractivity contribution < 1.29 is 9.53 Å². The van der Waals surface area contributed by atoms with E-state index in [-0.39, 0.29) is 12.0 Å². The number of ether oxygens (including phenoxy) is 1. The lowest BCUT2D eigenvalue weighted by molar-refractivity contribution is -0.128. The van der Waals surface area contributed by atoms with Crippen LogP contribution in [-0.2, 0) is 9.53 Å². The van der Waals surface area contributed by atoms with Crippen LogP contribution < -0.4 is 0 Å². The van der Waals surface area contributed by atoms with E-state index in [4.69, 9.17) is 4.74 Å². The van der Waals surface area contributed by atoms with Crippen molar-refractivity contribution >= 4 is 33.5 Å². The highest BCUT2D eigenvalue weighted by atomic mass is 32.1. The van der Waals surface area contributed by atoms with Gasteiger partial charge in [-0.05, 0) is 44.4 Å². The molecule has 1 amide bonds. The Hall–Kier alpha value is -1.72.